The molecule has 0 spiro atoms. The number of amides is 1. The lowest BCUT2D eigenvalue weighted by molar-refractivity contribution is -0.199. The first-order valence-corrected chi connectivity index (χ1v) is 11.9. The van der Waals surface area contributed by atoms with Gasteiger partial charge in [0.15, 0.2) is 11.9 Å². The SMILES string of the molecule is CC1(C)O[C@@H]([C@H]2[C@@H](OCc3ccccc3)C(=O)N2Cc2ccccc2)[C@H](Cc2ccccc2)O1. The third-order valence-electron chi connectivity index (χ3n) is 6.50. The molecule has 1 amide bonds. The second-order valence-corrected chi connectivity index (χ2v) is 9.49. The minimum Gasteiger partial charge on any atom is -0.361 e. The molecule has 0 radical (unpaired) electrons. The highest BCUT2D eigenvalue weighted by molar-refractivity contribution is 5.88. The van der Waals surface area contributed by atoms with Crippen molar-refractivity contribution in [3.8, 4) is 0 Å². The molecule has 5 rings (SSSR count). The van der Waals surface area contributed by atoms with E-state index in [2.05, 4.69) is 12.1 Å². The summed E-state index contributed by atoms with van der Waals surface area (Å²) < 4.78 is 19.0. The first-order valence-electron chi connectivity index (χ1n) is 11.9. The van der Waals surface area contributed by atoms with Crippen LogP contribution in [0.2, 0.25) is 0 Å². The molecule has 3 aromatic carbocycles. The average molecular weight is 458 g/mol. The number of β-lactam (4-membered cyclic amide) rings is 1. The summed E-state index contributed by atoms with van der Waals surface area (Å²) in [5.41, 5.74) is 3.31. The summed E-state index contributed by atoms with van der Waals surface area (Å²) in [6.45, 7) is 4.78. The van der Waals surface area contributed by atoms with Crippen LogP contribution in [0, 0.1) is 0 Å². The van der Waals surface area contributed by atoms with Gasteiger partial charge in [-0.2, -0.15) is 0 Å². The predicted octanol–water partition coefficient (Wildman–Crippen LogP) is 4.75. The van der Waals surface area contributed by atoms with Gasteiger partial charge in [-0.15, -0.1) is 0 Å². The van der Waals surface area contributed by atoms with Crippen LogP contribution in [0.5, 0.6) is 0 Å². The van der Waals surface area contributed by atoms with Crippen molar-refractivity contribution in [2.45, 2.75) is 63.6 Å². The van der Waals surface area contributed by atoms with Crippen molar-refractivity contribution in [2.75, 3.05) is 0 Å². The number of rotatable bonds is 8. The number of nitrogens with zero attached hydrogens (tertiary/aromatic N) is 1. The van der Waals surface area contributed by atoms with Gasteiger partial charge in [-0.3, -0.25) is 4.79 Å². The molecule has 0 bridgehead atoms. The van der Waals surface area contributed by atoms with Crippen molar-refractivity contribution in [1.29, 1.82) is 0 Å². The molecule has 176 valence electrons. The highest BCUT2D eigenvalue weighted by Gasteiger charge is 2.58. The Morgan fingerprint density at radius 1 is 0.794 bits per heavy atom. The summed E-state index contributed by atoms with van der Waals surface area (Å²) in [6.07, 6.45) is -0.330. The molecule has 34 heavy (non-hydrogen) atoms. The lowest BCUT2D eigenvalue weighted by Crippen LogP contribution is -2.70. The Morgan fingerprint density at radius 3 is 1.97 bits per heavy atom. The Morgan fingerprint density at radius 2 is 1.35 bits per heavy atom. The molecular weight excluding hydrogens is 426 g/mol. The van der Waals surface area contributed by atoms with Crippen molar-refractivity contribution in [3.05, 3.63) is 108 Å². The van der Waals surface area contributed by atoms with E-state index in [-0.39, 0.29) is 24.2 Å². The molecule has 0 unspecified atom stereocenters. The van der Waals surface area contributed by atoms with Gasteiger partial charge in [0, 0.05) is 13.0 Å². The quantitative estimate of drug-likeness (QED) is 0.458. The molecule has 2 heterocycles. The lowest BCUT2D eigenvalue weighted by Gasteiger charge is -2.49. The number of hydrogen-bond acceptors (Lipinski definition) is 4. The number of ether oxygens (including phenoxy) is 3. The average Bonchev–Trinajstić information content (AvgIpc) is 3.15. The fourth-order valence-corrected chi connectivity index (χ4v) is 4.94. The molecular formula is C29H31NO4. The molecule has 3 aromatic rings. The molecule has 2 fully saturated rings. The maximum absolute atomic E-state index is 13.3. The fraction of sp³-hybridized carbons (Fsp3) is 0.345. The van der Waals surface area contributed by atoms with Crippen LogP contribution < -0.4 is 0 Å². The van der Waals surface area contributed by atoms with Gasteiger partial charge in [-0.25, -0.2) is 0 Å². The van der Waals surface area contributed by atoms with E-state index in [1.807, 2.05) is 97.6 Å². The number of carbonyl (C=O) groups excluding carboxylic acids is 1. The molecule has 0 N–H and O–H groups in total. The second-order valence-electron chi connectivity index (χ2n) is 9.49. The highest BCUT2D eigenvalue weighted by atomic mass is 16.8. The predicted molar refractivity (Wildman–Crippen MR) is 130 cm³/mol. The first-order chi connectivity index (χ1) is 16.5. The van der Waals surface area contributed by atoms with Crippen LogP contribution in [-0.2, 0) is 38.6 Å². The smallest absolute Gasteiger partial charge is 0.254 e. The molecule has 2 aliphatic rings. The summed E-state index contributed by atoms with van der Waals surface area (Å²) in [5.74, 6) is -0.734. The summed E-state index contributed by atoms with van der Waals surface area (Å²) in [6, 6.07) is 30.1. The van der Waals surface area contributed by atoms with E-state index >= 15 is 0 Å². The van der Waals surface area contributed by atoms with E-state index in [9.17, 15) is 4.79 Å². The van der Waals surface area contributed by atoms with Gasteiger partial charge < -0.3 is 19.1 Å². The van der Waals surface area contributed by atoms with Crippen LogP contribution in [-0.4, -0.2) is 40.9 Å². The van der Waals surface area contributed by atoms with E-state index in [0.717, 1.165) is 11.1 Å². The maximum atomic E-state index is 13.3. The van der Waals surface area contributed by atoms with Crippen molar-refractivity contribution in [2.24, 2.45) is 0 Å². The van der Waals surface area contributed by atoms with Crippen molar-refractivity contribution in [1.82, 2.24) is 4.90 Å². The molecule has 0 aromatic heterocycles. The van der Waals surface area contributed by atoms with Gasteiger partial charge >= 0.3 is 0 Å². The van der Waals surface area contributed by atoms with Crippen molar-refractivity contribution >= 4 is 5.91 Å². The van der Waals surface area contributed by atoms with Gasteiger partial charge in [0.05, 0.1) is 18.8 Å². The number of benzene rings is 3. The zero-order valence-electron chi connectivity index (χ0n) is 19.7. The summed E-state index contributed by atoms with van der Waals surface area (Å²) in [7, 11) is 0. The summed E-state index contributed by atoms with van der Waals surface area (Å²) >= 11 is 0. The highest BCUT2D eigenvalue weighted by Crippen LogP contribution is 2.39. The minimum absolute atomic E-state index is 0.00319. The van der Waals surface area contributed by atoms with Gasteiger partial charge in [0.2, 0.25) is 0 Å². The molecule has 4 atom stereocenters. The van der Waals surface area contributed by atoms with Crippen molar-refractivity contribution < 1.29 is 19.0 Å². The topological polar surface area (TPSA) is 48.0 Å². The monoisotopic (exact) mass is 457 g/mol. The van der Waals surface area contributed by atoms with Crippen LogP contribution in [0.25, 0.3) is 0 Å². The van der Waals surface area contributed by atoms with E-state index in [4.69, 9.17) is 14.2 Å². The Labute approximate surface area is 201 Å². The molecule has 5 nitrogen and oxygen atoms in total. The molecule has 2 aliphatic heterocycles. The van der Waals surface area contributed by atoms with E-state index in [1.54, 1.807) is 0 Å². The zero-order chi connectivity index (χ0) is 23.5. The van der Waals surface area contributed by atoms with Crippen molar-refractivity contribution in [3.63, 3.8) is 0 Å². The number of carbonyl (C=O) groups is 1. The van der Waals surface area contributed by atoms with Crippen LogP contribution in [0.15, 0.2) is 91.0 Å². The van der Waals surface area contributed by atoms with Crippen LogP contribution in [0.1, 0.15) is 30.5 Å². The summed E-state index contributed by atoms with van der Waals surface area (Å²) in [5, 5.41) is 0. The molecule has 0 saturated carbocycles. The molecule has 2 saturated heterocycles. The Balaban J connectivity index is 1.40. The third-order valence-corrected chi connectivity index (χ3v) is 6.50. The largest absolute Gasteiger partial charge is 0.361 e. The number of likely N-dealkylation sites (tertiary alicyclic amines) is 1. The van der Waals surface area contributed by atoms with E-state index < -0.39 is 11.9 Å². The minimum atomic E-state index is -0.731. The second kappa shape index (κ2) is 9.71. The third kappa shape index (κ3) is 4.92. The molecule has 5 heteroatoms. The van der Waals surface area contributed by atoms with Crippen LogP contribution >= 0.6 is 0 Å². The summed E-state index contributed by atoms with van der Waals surface area (Å²) in [4.78, 5) is 15.2. The fourth-order valence-electron chi connectivity index (χ4n) is 4.94. The lowest BCUT2D eigenvalue weighted by atomic mass is 9.87. The molecule has 0 aliphatic carbocycles. The van der Waals surface area contributed by atoms with Gasteiger partial charge in [-0.1, -0.05) is 91.0 Å². The van der Waals surface area contributed by atoms with E-state index in [0.29, 0.717) is 19.6 Å². The standard InChI is InChI=1S/C29H31NO4/c1-29(2)33-24(18-21-12-6-3-7-13-21)26(34-29)25-27(32-20-23-16-10-5-11-17-23)28(31)30(25)19-22-14-8-4-9-15-22/h3-17,24-27H,18-20H2,1-2H3/t24-,25-,26+,27+/m0/s1. The van der Waals surface area contributed by atoms with Crippen LogP contribution in [0.4, 0.5) is 0 Å². The van der Waals surface area contributed by atoms with Crippen LogP contribution in [0.3, 0.4) is 0 Å². The Kier molecular flexibility index (Phi) is 6.50. The number of hydrogen-bond donors (Lipinski definition) is 0. The zero-order valence-corrected chi connectivity index (χ0v) is 19.7. The van der Waals surface area contributed by atoms with Gasteiger partial charge in [0.25, 0.3) is 5.91 Å². The van der Waals surface area contributed by atoms with E-state index in [1.165, 1.54) is 5.56 Å². The van der Waals surface area contributed by atoms with Gasteiger partial charge in [0.1, 0.15) is 6.10 Å². The Bertz CT molecular complexity index is 1090. The Hall–Kier alpha value is -2.99. The first kappa shape index (κ1) is 22.8. The normalized spacial score (nSPS) is 25.8. The van der Waals surface area contributed by atoms with Gasteiger partial charge in [-0.05, 0) is 30.5 Å². The maximum Gasteiger partial charge on any atom is 0.254 e.